The molecule has 144 valence electrons. The van der Waals surface area contributed by atoms with E-state index in [-0.39, 0.29) is 22.9 Å². The summed E-state index contributed by atoms with van der Waals surface area (Å²) < 4.78 is 22.9. The molecule has 0 atom stereocenters. The Kier molecular flexibility index (Phi) is 7.02. The molecule has 0 bridgehead atoms. The zero-order valence-corrected chi connectivity index (χ0v) is 16.1. The van der Waals surface area contributed by atoms with Crippen LogP contribution in [0.3, 0.4) is 0 Å². The fraction of sp³-hybridized carbons (Fsp3) is 0.556. The molecule has 0 aliphatic carbocycles. The molecule has 2 N–H and O–H groups in total. The molecule has 1 heterocycles. The molecule has 0 saturated carbocycles. The number of rotatable bonds is 6. The minimum absolute atomic E-state index is 0.0283. The lowest BCUT2D eigenvalue weighted by Gasteiger charge is -2.32. The fourth-order valence-electron chi connectivity index (χ4n) is 2.90. The molecule has 1 fully saturated rings. The molecule has 0 aromatic heterocycles. The van der Waals surface area contributed by atoms with Gasteiger partial charge in [0.1, 0.15) is 0 Å². The molecule has 7 nitrogen and oxygen atoms in total. The third kappa shape index (κ3) is 6.01. The maximum Gasteiger partial charge on any atom is 0.319 e. The van der Waals surface area contributed by atoms with Gasteiger partial charge in [0.15, 0.2) is 9.84 Å². The number of hydrogen-bond acceptors (Lipinski definition) is 4. The number of amides is 3. The van der Waals surface area contributed by atoms with Crippen LogP contribution in [0.2, 0.25) is 0 Å². The molecule has 2 rings (SSSR count). The number of hydrogen-bond donors (Lipinski definition) is 2. The van der Waals surface area contributed by atoms with Crippen molar-refractivity contribution < 1.29 is 18.0 Å². The summed E-state index contributed by atoms with van der Waals surface area (Å²) in [5.41, 5.74) is 0.530. The second kappa shape index (κ2) is 9.02. The Morgan fingerprint density at radius 1 is 1.15 bits per heavy atom. The molecule has 3 amide bonds. The van der Waals surface area contributed by atoms with Crippen molar-refractivity contribution in [2.75, 3.05) is 24.7 Å². The molecular formula is C18H27N3O4S. The van der Waals surface area contributed by atoms with Crippen LogP contribution in [0.4, 0.5) is 10.5 Å². The maximum absolute atomic E-state index is 12.1. The lowest BCUT2D eigenvalue weighted by atomic mass is 10.0. The Morgan fingerprint density at radius 2 is 1.77 bits per heavy atom. The first kappa shape index (κ1) is 20.2. The molecule has 1 aromatic rings. The predicted molar refractivity (Wildman–Crippen MR) is 101 cm³/mol. The fourth-order valence-corrected chi connectivity index (χ4v) is 3.53. The van der Waals surface area contributed by atoms with Gasteiger partial charge < -0.3 is 15.5 Å². The number of carbonyl (C=O) groups excluding carboxylic acids is 2. The molecule has 1 aromatic carbocycles. The van der Waals surface area contributed by atoms with Crippen LogP contribution in [0.15, 0.2) is 29.2 Å². The quantitative estimate of drug-likeness (QED) is 0.791. The van der Waals surface area contributed by atoms with Crippen molar-refractivity contribution in [2.24, 2.45) is 0 Å². The van der Waals surface area contributed by atoms with E-state index >= 15 is 0 Å². The normalized spacial score (nSPS) is 15.5. The van der Waals surface area contributed by atoms with Crippen LogP contribution in [-0.4, -0.2) is 50.6 Å². The first-order valence-corrected chi connectivity index (χ1v) is 10.8. The van der Waals surface area contributed by atoms with E-state index in [1.54, 1.807) is 12.1 Å². The van der Waals surface area contributed by atoms with Crippen LogP contribution in [0.25, 0.3) is 0 Å². The van der Waals surface area contributed by atoms with Gasteiger partial charge in [0.25, 0.3) is 0 Å². The number of nitrogens with one attached hydrogen (secondary N) is 2. The monoisotopic (exact) mass is 381 g/mol. The predicted octanol–water partition coefficient (Wildman–Crippen LogP) is 2.39. The highest BCUT2D eigenvalue weighted by Crippen LogP contribution is 2.15. The van der Waals surface area contributed by atoms with Crippen molar-refractivity contribution in [3.8, 4) is 0 Å². The number of nitrogens with zero attached hydrogens (tertiary/aromatic N) is 1. The topological polar surface area (TPSA) is 95.6 Å². The van der Waals surface area contributed by atoms with E-state index in [1.807, 2.05) is 4.90 Å². The molecule has 8 heteroatoms. The maximum atomic E-state index is 12.1. The summed E-state index contributed by atoms with van der Waals surface area (Å²) in [6.45, 7) is 3.39. The van der Waals surface area contributed by atoms with Gasteiger partial charge in [0.05, 0.1) is 4.90 Å². The number of sulfone groups is 1. The highest BCUT2D eigenvalue weighted by molar-refractivity contribution is 7.90. The minimum Gasteiger partial charge on any atom is -0.343 e. The van der Waals surface area contributed by atoms with Crippen molar-refractivity contribution in [2.45, 2.75) is 50.0 Å². The first-order valence-electron chi connectivity index (χ1n) is 8.95. The summed E-state index contributed by atoms with van der Waals surface area (Å²) in [4.78, 5) is 26.2. The molecule has 1 saturated heterocycles. The van der Waals surface area contributed by atoms with Crippen molar-refractivity contribution in [1.29, 1.82) is 0 Å². The van der Waals surface area contributed by atoms with E-state index in [1.165, 1.54) is 12.1 Å². The SMILES string of the molecule is CCCCC(=O)N1CCC(NC(=O)Nc2ccc(S(C)(=O)=O)cc2)CC1. The molecule has 0 radical (unpaired) electrons. The van der Waals surface area contributed by atoms with Crippen LogP contribution in [0, 0.1) is 0 Å². The summed E-state index contributed by atoms with van der Waals surface area (Å²) in [5.74, 6) is 0.195. The highest BCUT2D eigenvalue weighted by atomic mass is 32.2. The van der Waals surface area contributed by atoms with Crippen LogP contribution >= 0.6 is 0 Å². The van der Waals surface area contributed by atoms with Crippen LogP contribution in [0.5, 0.6) is 0 Å². The average Bonchev–Trinajstić information content (AvgIpc) is 2.60. The lowest BCUT2D eigenvalue weighted by molar-refractivity contribution is -0.132. The number of anilines is 1. The van der Waals surface area contributed by atoms with Gasteiger partial charge in [-0.1, -0.05) is 13.3 Å². The van der Waals surface area contributed by atoms with Gasteiger partial charge in [0.2, 0.25) is 5.91 Å². The Morgan fingerprint density at radius 3 is 2.31 bits per heavy atom. The van der Waals surface area contributed by atoms with Gasteiger partial charge in [-0.15, -0.1) is 0 Å². The van der Waals surface area contributed by atoms with Gasteiger partial charge >= 0.3 is 6.03 Å². The Labute approximate surface area is 155 Å². The van der Waals surface area contributed by atoms with Gasteiger partial charge in [0, 0.05) is 37.5 Å². The number of piperidine rings is 1. The molecule has 0 spiro atoms. The van der Waals surface area contributed by atoms with Gasteiger partial charge in [-0.25, -0.2) is 13.2 Å². The standard InChI is InChI=1S/C18H27N3O4S/c1-3-4-5-17(22)21-12-10-15(11-13-21)20-18(23)19-14-6-8-16(9-7-14)26(2,24)25/h6-9,15H,3-5,10-13H2,1-2H3,(H2,19,20,23). The average molecular weight is 381 g/mol. The van der Waals surface area contributed by atoms with E-state index in [9.17, 15) is 18.0 Å². The van der Waals surface area contributed by atoms with E-state index < -0.39 is 9.84 Å². The van der Waals surface area contributed by atoms with Crippen molar-refractivity contribution in [3.63, 3.8) is 0 Å². The highest BCUT2D eigenvalue weighted by Gasteiger charge is 2.23. The molecule has 0 unspecified atom stereocenters. The summed E-state index contributed by atoms with van der Waals surface area (Å²) in [7, 11) is -3.25. The summed E-state index contributed by atoms with van der Waals surface area (Å²) >= 11 is 0. The summed E-state index contributed by atoms with van der Waals surface area (Å²) in [5, 5.41) is 5.61. The molecule has 1 aliphatic rings. The van der Waals surface area contributed by atoms with E-state index in [2.05, 4.69) is 17.6 Å². The van der Waals surface area contributed by atoms with Crippen LogP contribution in [0.1, 0.15) is 39.0 Å². The van der Waals surface area contributed by atoms with E-state index in [0.29, 0.717) is 25.2 Å². The summed E-state index contributed by atoms with van der Waals surface area (Å²) in [6, 6.07) is 5.75. The summed E-state index contributed by atoms with van der Waals surface area (Å²) in [6.07, 6.45) is 5.13. The molecule has 26 heavy (non-hydrogen) atoms. The smallest absolute Gasteiger partial charge is 0.319 e. The van der Waals surface area contributed by atoms with Crippen LogP contribution in [-0.2, 0) is 14.6 Å². The van der Waals surface area contributed by atoms with Crippen LogP contribution < -0.4 is 10.6 Å². The number of unbranched alkanes of at least 4 members (excludes halogenated alkanes) is 1. The van der Waals surface area contributed by atoms with Gasteiger partial charge in [-0.2, -0.15) is 0 Å². The second-order valence-corrected chi connectivity index (χ2v) is 8.67. The molecule has 1 aliphatic heterocycles. The van der Waals surface area contributed by atoms with Crippen molar-refractivity contribution >= 4 is 27.5 Å². The third-order valence-electron chi connectivity index (χ3n) is 4.47. The zero-order chi connectivity index (χ0) is 19.2. The Balaban J connectivity index is 1.78. The zero-order valence-electron chi connectivity index (χ0n) is 15.3. The third-order valence-corrected chi connectivity index (χ3v) is 5.60. The Hall–Kier alpha value is -2.09. The largest absolute Gasteiger partial charge is 0.343 e. The van der Waals surface area contributed by atoms with Gasteiger partial charge in [-0.05, 0) is 43.5 Å². The number of carbonyl (C=O) groups is 2. The number of likely N-dealkylation sites (tertiary alicyclic amines) is 1. The molecular weight excluding hydrogens is 354 g/mol. The Bertz CT molecular complexity index is 723. The number of urea groups is 1. The second-order valence-electron chi connectivity index (χ2n) is 6.65. The van der Waals surface area contributed by atoms with E-state index in [0.717, 1.165) is 31.9 Å². The van der Waals surface area contributed by atoms with E-state index in [4.69, 9.17) is 0 Å². The lowest BCUT2D eigenvalue weighted by Crippen LogP contribution is -2.47. The van der Waals surface area contributed by atoms with Gasteiger partial charge in [-0.3, -0.25) is 4.79 Å². The van der Waals surface area contributed by atoms with Crippen molar-refractivity contribution in [1.82, 2.24) is 10.2 Å². The number of benzene rings is 1. The van der Waals surface area contributed by atoms with Crippen molar-refractivity contribution in [3.05, 3.63) is 24.3 Å². The first-order chi connectivity index (χ1) is 12.3. The minimum atomic E-state index is -3.25.